The molecule has 0 aliphatic carbocycles. The Morgan fingerprint density at radius 3 is 2.88 bits per heavy atom. The number of nitrogens with one attached hydrogen (secondary N) is 2. The Balaban J connectivity index is 1.54. The van der Waals surface area contributed by atoms with Crippen molar-refractivity contribution >= 4 is 11.9 Å². The van der Waals surface area contributed by atoms with Crippen molar-refractivity contribution in [1.82, 2.24) is 35.3 Å². The Bertz CT molecular complexity index is 762. The lowest BCUT2D eigenvalue weighted by Gasteiger charge is -2.33. The molecule has 1 fully saturated rings. The smallest absolute Gasteiger partial charge is 0.317 e. The number of urea groups is 1. The van der Waals surface area contributed by atoms with Gasteiger partial charge in [0.05, 0.1) is 19.7 Å². The van der Waals surface area contributed by atoms with E-state index in [-0.39, 0.29) is 25.0 Å². The lowest BCUT2D eigenvalue weighted by Crippen LogP contribution is -2.53. The summed E-state index contributed by atoms with van der Waals surface area (Å²) in [6, 6.07) is 3.34. The van der Waals surface area contributed by atoms with Crippen molar-refractivity contribution in [1.29, 1.82) is 0 Å². The molecule has 0 saturated carbocycles. The number of rotatable bonds is 4. The van der Waals surface area contributed by atoms with Gasteiger partial charge in [-0.1, -0.05) is 0 Å². The molecule has 2 N–H and O–H groups in total. The fourth-order valence-electron chi connectivity index (χ4n) is 2.55. The molecule has 3 amide bonds. The Morgan fingerprint density at radius 1 is 1.38 bits per heavy atom. The van der Waals surface area contributed by atoms with Gasteiger partial charge in [0.1, 0.15) is 5.82 Å². The number of likely N-dealkylation sites (N-methyl/N-ethyl adjacent to an activating group) is 1. The minimum atomic E-state index is -0.631. The first-order valence-electron chi connectivity index (χ1n) is 8.22. The van der Waals surface area contributed by atoms with Gasteiger partial charge in [-0.3, -0.25) is 14.9 Å². The van der Waals surface area contributed by atoms with Crippen molar-refractivity contribution in [3.05, 3.63) is 30.4 Å². The summed E-state index contributed by atoms with van der Waals surface area (Å²) >= 11 is 0. The number of ether oxygens (including phenoxy) is 1. The van der Waals surface area contributed by atoms with E-state index < -0.39 is 6.10 Å². The van der Waals surface area contributed by atoms with Crippen LogP contribution in [0, 0.1) is 0 Å². The maximum atomic E-state index is 12.4. The number of carbonyl (C=O) groups is 2. The quantitative estimate of drug-likeness (QED) is 0.785. The van der Waals surface area contributed by atoms with Crippen LogP contribution in [-0.2, 0) is 16.1 Å². The Hall–Kier alpha value is -3.01. The molecule has 0 radical (unpaired) electrons. The van der Waals surface area contributed by atoms with Crippen LogP contribution in [0.15, 0.2) is 24.5 Å². The van der Waals surface area contributed by atoms with E-state index in [9.17, 15) is 9.59 Å². The van der Waals surface area contributed by atoms with Gasteiger partial charge in [-0.15, -0.1) is 0 Å². The van der Waals surface area contributed by atoms with Gasteiger partial charge in [0.15, 0.2) is 11.9 Å². The number of aromatic nitrogens is 4. The maximum Gasteiger partial charge on any atom is 0.317 e. The highest BCUT2D eigenvalue weighted by atomic mass is 16.5. The lowest BCUT2D eigenvalue weighted by molar-refractivity contribution is -0.145. The zero-order valence-corrected chi connectivity index (χ0v) is 14.7. The van der Waals surface area contributed by atoms with Gasteiger partial charge in [0, 0.05) is 38.6 Å². The van der Waals surface area contributed by atoms with Gasteiger partial charge in [-0.2, -0.15) is 5.10 Å². The second-order valence-corrected chi connectivity index (χ2v) is 6.04. The first kappa shape index (κ1) is 17.8. The number of nitrogens with zero attached hydrogens (tertiary/aromatic N) is 5. The van der Waals surface area contributed by atoms with E-state index in [1.807, 2.05) is 0 Å². The molecule has 26 heavy (non-hydrogen) atoms. The predicted molar refractivity (Wildman–Crippen MR) is 91.9 cm³/mol. The van der Waals surface area contributed by atoms with Gasteiger partial charge in [0.2, 0.25) is 0 Å². The van der Waals surface area contributed by atoms with Gasteiger partial charge in [0.25, 0.3) is 5.91 Å². The van der Waals surface area contributed by atoms with Crippen molar-refractivity contribution in [3.63, 3.8) is 0 Å². The zero-order chi connectivity index (χ0) is 18.5. The average Bonchev–Trinajstić information content (AvgIpc) is 3.15. The second-order valence-electron chi connectivity index (χ2n) is 6.04. The van der Waals surface area contributed by atoms with E-state index >= 15 is 0 Å². The minimum Gasteiger partial charge on any atom is -0.365 e. The highest BCUT2D eigenvalue weighted by Gasteiger charge is 2.30. The standard InChI is InChI=1S/C16H21N7O3/c1-22(2)15(24)12-10-23(7-8-26-12)16(25)18-9-13-19-14(21-20-13)11-3-5-17-6-4-11/h3-6,12H,7-10H2,1-2H3,(H,18,25)(H,19,20,21)/t12-/m1/s1. The van der Waals surface area contributed by atoms with Crippen LogP contribution in [0.5, 0.6) is 0 Å². The minimum absolute atomic E-state index is 0.153. The van der Waals surface area contributed by atoms with Crippen LogP contribution in [0.4, 0.5) is 4.79 Å². The first-order chi connectivity index (χ1) is 12.5. The highest BCUT2D eigenvalue weighted by Crippen LogP contribution is 2.12. The number of morpholine rings is 1. The molecule has 0 unspecified atom stereocenters. The second kappa shape index (κ2) is 7.91. The largest absolute Gasteiger partial charge is 0.365 e. The summed E-state index contributed by atoms with van der Waals surface area (Å²) in [7, 11) is 3.32. The van der Waals surface area contributed by atoms with Crippen LogP contribution in [0.25, 0.3) is 11.4 Å². The van der Waals surface area contributed by atoms with Crippen molar-refractivity contribution < 1.29 is 14.3 Å². The molecule has 1 saturated heterocycles. The molecule has 0 spiro atoms. The van der Waals surface area contributed by atoms with Crippen LogP contribution in [0.3, 0.4) is 0 Å². The predicted octanol–water partition coefficient (Wildman–Crippen LogP) is -0.135. The van der Waals surface area contributed by atoms with Gasteiger partial charge in [-0.25, -0.2) is 9.78 Å². The Kier molecular flexibility index (Phi) is 5.42. The summed E-state index contributed by atoms with van der Waals surface area (Å²) < 4.78 is 5.45. The van der Waals surface area contributed by atoms with Crippen LogP contribution in [0.2, 0.25) is 0 Å². The molecule has 0 bridgehead atoms. The Morgan fingerprint density at radius 2 is 2.15 bits per heavy atom. The van der Waals surface area contributed by atoms with Crippen molar-refractivity contribution in [2.75, 3.05) is 33.8 Å². The third kappa shape index (κ3) is 4.14. The molecule has 1 atom stereocenters. The summed E-state index contributed by atoms with van der Waals surface area (Å²) in [6.07, 6.45) is 2.70. The fourth-order valence-corrected chi connectivity index (χ4v) is 2.55. The molecular formula is C16H21N7O3. The van der Waals surface area contributed by atoms with Crippen molar-refractivity contribution in [2.45, 2.75) is 12.6 Å². The van der Waals surface area contributed by atoms with E-state index in [0.717, 1.165) is 5.56 Å². The van der Waals surface area contributed by atoms with Gasteiger partial charge in [-0.05, 0) is 12.1 Å². The molecule has 10 nitrogen and oxygen atoms in total. The van der Waals surface area contributed by atoms with E-state index in [0.29, 0.717) is 24.8 Å². The highest BCUT2D eigenvalue weighted by molar-refractivity contribution is 5.82. The molecule has 0 aromatic carbocycles. The number of hydrogen-bond donors (Lipinski definition) is 2. The lowest BCUT2D eigenvalue weighted by atomic mass is 10.2. The summed E-state index contributed by atoms with van der Waals surface area (Å²) in [5.74, 6) is 0.929. The zero-order valence-electron chi connectivity index (χ0n) is 14.7. The van der Waals surface area contributed by atoms with E-state index in [1.165, 1.54) is 4.90 Å². The molecule has 3 heterocycles. The number of aromatic amines is 1. The van der Waals surface area contributed by atoms with Crippen LogP contribution in [0.1, 0.15) is 5.82 Å². The van der Waals surface area contributed by atoms with E-state index in [2.05, 4.69) is 25.5 Å². The normalized spacial score (nSPS) is 17.0. The molecule has 2 aromatic rings. The molecule has 138 valence electrons. The molecule has 1 aliphatic rings. The van der Waals surface area contributed by atoms with Crippen molar-refractivity contribution in [2.24, 2.45) is 0 Å². The molecule has 1 aliphatic heterocycles. The average molecular weight is 359 g/mol. The molecule has 2 aromatic heterocycles. The first-order valence-corrected chi connectivity index (χ1v) is 8.22. The Labute approximate surface area is 150 Å². The monoisotopic (exact) mass is 359 g/mol. The van der Waals surface area contributed by atoms with Crippen LogP contribution in [-0.4, -0.2) is 81.8 Å². The number of carbonyl (C=O) groups excluding carboxylic acids is 2. The summed E-state index contributed by atoms with van der Waals surface area (Å²) in [5.41, 5.74) is 0.840. The number of pyridine rings is 1. The summed E-state index contributed by atoms with van der Waals surface area (Å²) in [6.45, 7) is 1.19. The molecular weight excluding hydrogens is 338 g/mol. The molecule has 10 heteroatoms. The van der Waals surface area contributed by atoms with Gasteiger partial charge < -0.3 is 19.9 Å². The van der Waals surface area contributed by atoms with E-state index in [4.69, 9.17) is 4.74 Å². The van der Waals surface area contributed by atoms with Crippen LogP contribution < -0.4 is 5.32 Å². The molecule has 3 rings (SSSR count). The van der Waals surface area contributed by atoms with Gasteiger partial charge >= 0.3 is 6.03 Å². The third-order valence-corrected chi connectivity index (χ3v) is 3.95. The summed E-state index contributed by atoms with van der Waals surface area (Å²) in [4.78, 5) is 35.7. The van der Waals surface area contributed by atoms with E-state index in [1.54, 1.807) is 43.5 Å². The SMILES string of the molecule is CN(C)C(=O)[C@H]1CN(C(=O)NCc2nc(-c3ccncc3)n[nH]2)CCO1. The summed E-state index contributed by atoms with van der Waals surface area (Å²) in [5, 5.41) is 9.72. The fraction of sp³-hybridized carbons (Fsp3) is 0.438. The maximum absolute atomic E-state index is 12.4. The number of H-pyrrole nitrogens is 1. The number of amides is 3. The third-order valence-electron chi connectivity index (χ3n) is 3.95. The van der Waals surface area contributed by atoms with Crippen molar-refractivity contribution in [3.8, 4) is 11.4 Å². The number of hydrogen-bond acceptors (Lipinski definition) is 6. The topological polar surface area (TPSA) is 116 Å². The van der Waals surface area contributed by atoms with Crippen LogP contribution >= 0.6 is 0 Å².